The van der Waals surface area contributed by atoms with Gasteiger partial charge in [0.15, 0.2) is 0 Å². The van der Waals surface area contributed by atoms with E-state index in [9.17, 15) is 0 Å². The Morgan fingerprint density at radius 2 is 1.20 bits per heavy atom. The van der Waals surface area contributed by atoms with Crippen LogP contribution in [0.3, 0.4) is 0 Å². The van der Waals surface area contributed by atoms with Crippen molar-refractivity contribution in [2.45, 2.75) is 96.8 Å². The second-order valence-electron chi connectivity index (χ2n) is 8.86. The standard InChI is InChI=1S/C29H45N/c1-3-4-5-6-7-8-9-10-11-12-13-14-15-16-17-20-26-30(2)29-25-21-23-27-22-18-19-24-28(27)29/h10-11,18-19,21-25H,3-9,12-17,20,26H2,1-2H3. The summed E-state index contributed by atoms with van der Waals surface area (Å²) in [5.74, 6) is 0. The molecule has 0 aliphatic carbocycles. The summed E-state index contributed by atoms with van der Waals surface area (Å²) in [5, 5.41) is 2.70. The van der Waals surface area contributed by atoms with E-state index < -0.39 is 0 Å². The van der Waals surface area contributed by atoms with Gasteiger partial charge in [0.1, 0.15) is 0 Å². The van der Waals surface area contributed by atoms with Crippen LogP contribution in [0.5, 0.6) is 0 Å². The molecule has 30 heavy (non-hydrogen) atoms. The molecule has 166 valence electrons. The second-order valence-corrected chi connectivity index (χ2v) is 8.86. The van der Waals surface area contributed by atoms with Crippen LogP contribution in [0.4, 0.5) is 5.69 Å². The number of anilines is 1. The van der Waals surface area contributed by atoms with Crippen LogP contribution in [0.1, 0.15) is 96.8 Å². The predicted octanol–water partition coefficient (Wildman–Crippen LogP) is 9.31. The van der Waals surface area contributed by atoms with Gasteiger partial charge >= 0.3 is 0 Å². The van der Waals surface area contributed by atoms with Crippen molar-refractivity contribution in [1.29, 1.82) is 0 Å². The highest BCUT2D eigenvalue weighted by atomic mass is 15.1. The van der Waals surface area contributed by atoms with Gasteiger partial charge in [-0.3, -0.25) is 0 Å². The van der Waals surface area contributed by atoms with E-state index in [-0.39, 0.29) is 0 Å². The van der Waals surface area contributed by atoms with Crippen LogP contribution in [-0.4, -0.2) is 13.6 Å². The molecule has 0 heterocycles. The van der Waals surface area contributed by atoms with Gasteiger partial charge in [0.25, 0.3) is 0 Å². The zero-order valence-corrected chi connectivity index (χ0v) is 19.7. The van der Waals surface area contributed by atoms with E-state index in [0.717, 1.165) is 6.54 Å². The molecule has 0 spiro atoms. The summed E-state index contributed by atoms with van der Waals surface area (Å²) in [7, 11) is 2.24. The number of allylic oxidation sites excluding steroid dienone is 2. The minimum atomic E-state index is 1.15. The third-order valence-electron chi connectivity index (χ3n) is 6.18. The molecule has 0 bridgehead atoms. The van der Waals surface area contributed by atoms with Gasteiger partial charge in [-0.25, -0.2) is 0 Å². The first-order valence-electron chi connectivity index (χ1n) is 12.7. The van der Waals surface area contributed by atoms with E-state index in [2.05, 4.69) is 73.5 Å². The molecule has 0 fully saturated rings. The second kappa shape index (κ2) is 16.0. The number of unbranched alkanes of at least 4 members (excludes halogenated alkanes) is 12. The van der Waals surface area contributed by atoms with Crippen molar-refractivity contribution in [3.05, 3.63) is 54.6 Å². The average molecular weight is 408 g/mol. The largest absolute Gasteiger partial charge is 0.374 e. The van der Waals surface area contributed by atoms with Gasteiger partial charge in [0, 0.05) is 24.7 Å². The lowest BCUT2D eigenvalue weighted by atomic mass is 10.1. The molecule has 0 saturated carbocycles. The molecule has 0 atom stereocenters. The van der Waals surface area contributed by atoms with Gasteiger partial charge in [-0.2, -0.15) is 0 Å². The number of benzene rings is 2. The zero-order chi connectivity index (χ0) is 21.3. The highest BCUT2D eigenvalue weighted by Crippen LogP contribution is 2.26. The molecule has 0 aliphatic rings. The first-order chi connectivity index (χ1) is 14.8. The maximum Gasteiger partial charge on any atom is 0.0443 e. The Morgan fingerprint density at radius 3 is 1.90 bits per heavy atom. The first kappa shape index (κ1) is 24.5. The van der Waals surface area contributed by atoms with Gasteiger partial charge in [-0.1, -0.05) is 113 Å². The van der Waals surface area contributed by atoms with Gasteiger partial charge < -0.3 is 4.90 Å². The summed E-state index contributed by atoms with van der Waals surface area (Å²) >= 11 is 0. The number of rotatable bonds is 17. The summed E-state index contributed by atoms with van der Waals surface area (Å²) in [5.41, 5.74) is 1.36. The van der Waals surface area contributed by atoms with E-state index in [0.29, 0.717) is 0 Å². The lowest BCUT2D eigenvalue weighted by Crippen LogP contribution is -2.18. The third kappa shape index (κ3) is 9.83. The average Bonchev–Trinajstić information content (AvgIpc) is 2.78. The fraction of sp³-hybridized carbons (Fsp3) is 0.586. The van der Waals surface area contributed by atoms with Crippen molar-refractivity contribution in [2.24, 2.45) is 0 Å². The molecule has 0 radical (unpaired) electrons. The van der Waals surface area contributed by atoms with Crippen LogP contribution >= 0.6 is 0 Å². The molecule has 0 unspecified atom stereocenters. The normalized spacial score (nSPS) is 11.5. The minimum Gasteiger partial charge on any atom is -0.374 e. The van der Waals surface area contributed by atoms with Gasteiger partial charge in [0.05, 0.1) is 0 Å². The summed E-state index contributed by atoms with van der Waals surface area (Å²) < 4.78 is 0. The quantitative estimate of drug-likeness (QED) is 0.186. The van der Waals surface area contributed by atoms with E-state index in [1.165, 1.54) is 106 Å². The molecule has 2 aromatic carbocycles. The van der Waals surface area contributed by atoms with Crippen molar-refractivity contribution >= 4 is 16.5 Å². The van der Waals surface area contributed by atoms with E-state index in [1.807, 2.05) is 0 Å². The molecule has 0 N–H and O–H groups in total. The fourth-order valence-corrected chi connectivity index (χ4v) is 4.26. The van der Waals surface area contributed by atoms with Crippen LogP contribution in [0.2, 0.25) is 0 Å². The molecule has 1 heteroatoms. The lowest BCUT2D eigenvalue weighted by Gasteiger charge is -2.21. The molecule has 0 saturated heterocycles. The van der Waals surface area contributed by atoms with Crippen LogP contribution in [-0.2, 0) is 0 Å². The Morgan fingerprint density at radius 1 is 0.633 bits per heavy atom. The number of fused-ring (bicyclic) bond motifs is 1. The fourth-order valence-electron chi connectivity index (χ4n) is 4.26. The Labute approximate surface area is 186 Å². The van der Waals surface area contributed by atoms with Crippen LogP contribution < -0.4 is 4.90 Å². The Hall–Kier alpha value is -1.76. The zero-order valence-electron chi connectivity index (χ0n) is 19.7. The van der Waals surface area contributed by atoms with Gasteiger partial charge in [-0.15, -0.1) is 0 Å². The Balaban J connectivity index is 1.44. The Kier molecular flexibility index (Phi) is 13.1. The van der Waals surface area contributed by atoms with Crippen LogP contribution in [0, 0.1) is 0 Å². The topological polar surface area (TPSA) is 3.24 Å². The Bertz CT molecular complexity index is 697. The lowest BCUT2D eigenvalue weighted by molar-refractivity contribution is 0.595. The van der Waals surface area contributed by atoms with E-state index >= 15 is 0 Å². The van der Waals surface area contributed by atoms with Crippen LogP contribution in [0.15, 0.2) is 54.6 Å². The molecule has 2 rings (SSSR count). The van der Waals surface area contributed by atoms with Crippen molar-refractivity contribution in [1.82, 2.24) is 0 Å². The molecule has 1 nitrogen and oxygen atoms in total. The smallest absolute Gasteiger partial charge is 0.0443 e. The molecular weight excluding hydrogens is 362 g/mol. The molecule has 0 aromatic heterocycles. The highest BCUT2D eigenvalue weighted by Gasteiger charge is 2.05. The minimum absolute atomic E-state index is 1.15. The summed E-state index contributed by atoms with van der Waals surface area (Å²) in [6.45, 7) is 3.43. The SMILES string of the molecule is CCCCCCCCC=CCCCCCCCCN(C)c1cccc2ccccc12. The highest BCUT2D eigenvalue weighted by molar-refractivity contribution is 5.94. The molecule has 0 amide bonds. The summed E-state index contributed by atoms with van der Waals surface area (Å²) in [6.07, 6.45) is 24.0. The van der Waals surface area contributed by atoms with Gasteiger partial charge in [0.2, 0.25) is 0 Å². The van der Waals surface area contributed by atoms with Gasteiger partial charge in [-0.05, 0) is 43.6 Å². The van der Waals surface area contributed by atoms with Crippen molar-refractivity contribution in [3.8, 4) is 0 Å². The number of hydrogen-bond donors (Lipinski definition) is 0. The van der Waals surface area contributed by atoms with Crippen molar-refractivity contribution < 1.29 is 0 Å². The van der Waals surface area contributed by atoms with Crippen LogP contribution in [0.25, 0.3) is 10.8 Å². The maximum atomic E-state index is 2.43. The number of hydrogen-bond acceptors (Lipinski definition) is 1. The van der Waals surface area contributed by atoms with E-state index in [4.69, 9.17) is 0 Å². The van der Waals surface area contributed by atoms with E-state index in [1.54, 1.807) is 0 Å². The maximum absolute atomic E-state index is 2.43. The monoisotopic (exact) mass is 407 g/mol. The third-order valence-corrected chi connectivity index (χ3v) is 6.18. The van der Waals surface area contributed by atoms with Crippen molar-refractivity contribution in [3.63, 3.8) is 0 Å². The summed E-state index contributed by atoms with van der Waals surface area (Å²) in [4.78, 5) is 2.43. The summed E-state index contributed by atoms with van der Waals surface area (Å²) in [6, 6.07) is 15.3. The predicted molar refractivity (Wildman–Crippen MR) is 137 cm³/mol. The molecule has 2 aromatic rings. The number of nitrogens with zero attached hydrogens (tertiary/aromatic N) is 1. The molecular formula is C29H45N. The van der Waals surface area contributed by atoms with Crippen molar-refractivity contribution in [2.75, 3.05) is 18.5 Å². The first-order valence-corrected chi connectivity index (χ1v) is 12.7. The molecule has 0 aliphatic heterocycles.